The van der Waals surface area contributed by atoms with Crippen molar-refractivity contribution in [1.29, 1.82) is 0 Å². The van der Waals surface area contributed by atoms with E-state index in [1.165, 1.54) is 11.1 Å². The molecule has 2 nitrogen and oxygen atoms in total. The largest absolute Gasteiger partial charge is 0.311 e. The zero-order chi connectivity index (χ0) is 56.9. The molecule has 0 aliphatic carbocycles. The van der Waals surface area contributed by atoms with Gasteiger partial charge in [0.15, 0.2) is 0 Å². The van der Waals surface area contributed by atoms with Crippen LogP contribution in [0.15, 0.2) is 255 Å². The second kappa shape index (κ2) is 19.4. The number of nitrogens with zero attached hydrogens (tertiary/aromatic N) is 2. The van der Waals surface area contributed by atoms with E-state index >= 15 is 0 Å². The van der Waals surface area contributed by atoms with Crippen LogP contribution in [-0.4, -0.2) is 0 Å². The summed E-state index contributed by atoms with van der Waals surface area (Å²) in [5.74, 6) is 0. The minimum atomic E-state index is -0.429. The highest BCUT2D eigenvalue weighted by Crippen LogP contribution is 2.41. The van der Waals surface area contributed by atoms with E-state index in [0.717, 1.165) is 67.5 Å². The second-order valence-electron chi connectivity index (χ2n) is 19.6. The first-order chi connectivity index (χ1) is 38.1. The third-order valence-electron chi connectivity index (χ3n) is 12.8. The molecule has 10 aromatic rings. The Morgan fingerprint density at radius 3 is 0.586 bits per heavy atom. The lowest BCUT2D eigenvalue weighted by molar-refractivity contribution is 0.590. The summed E-state index contributed by atoms with van der Waals surface area (Å²) >= 11 is 0. The fourth-order valence-electron chi connectivity index (χ4n) is 8.77. The molecule has 0 unspecified atom stereocenters. The molecule has 0 spiro atoms. The highest BCUT2D eigenvalue weighted by atomic mass is 15.1. The molecule has 0 heterocycles. The van der Waals surface area contributed by atoms with Crippen LogP contribution in [0.1, 0.15) is 66.4 Å². The highest BCUT2D eigenvalue weighted by Gasteiger charge is 2.18. The van der Waals surface area contributed by atoms with Crippen LogP contribution in [0.4, 0.5) is 34.1 Å². The normalized spacial score (nSPS) is 13.6. The van der Waals surface area contributed by atoms with Crippen molar-refractivity contribution in [1.82, 2.24) is 0 Å². The van der Waals surface area contributed by atoms with E-state index in [2.05, 4.69) is 197 Å². The van der Waals surface area contributed by atoms with Gasteiger partial charge in [-0.25, -0.2) is 0 Å². The summed E-state index contributed by atoms with van der Waals surface area (Å²) in [5.41, 5.74) is 15.5. The van der Waals surface area contributed by atoms with Crippen molar-refractivity contribution in [2.24, 2.45) is 0 Å². The van der Waals surface area contributed by atoms with Crippen molar-refractivity contribution in [3.63, 3.8) is 0 Å². The molecule has 70 heavy (non-hydrogen) atoms. The van der Waals surface area contributed by atoms with Gasteiger partial charge in [0.2, 0.25) is 0 Å². The number of hydrogen-bond acceptors (Lipinski definition) is 2. The number of hydrogen-bond donors (Lipinski definition) is 0. The maximum atomic E-state index is 8.62. The predicted molar refractivity (Wildman–Crippen MR) is 300 cm³/mol. The van der Waals surface area contributed by atoms with E-state index in [-0.39, 0.29) is 70.3 Å². The molecule has 0 bridgehead atoms. The zero-order valence-electron chi connectivity index (χ0n) is 50.4. The van der Waals surface area contributed by atoms with Crippen LogP contribution in [-0.2, 0) is 10.8 Å². The van der Waals surface area contributed by atoms with E-state index in [4.69, 9.17) is 13.7 Å². The molecule has 0 fully saturated rings. The molecule has 0 aromatic heterocycles. The monoisotopic (exact) mass is 915 g/mol. The quantitative estimate of drug-likeness (QED) is 0.128. The van der Waals surface area contributed by atoms with Gasteiger partial charge in [-0.15, -0.1) is 0 Å². The molecule has 0 saturated heterocycles. The first-order valence-electron chi connectivity index (χ1n) is 28.7. The van der Waals surface area contributed by atoms with Crippen molar-refractivity contribution in [2.45, 2.75) is 52.4 Å². The molecule has 342 valence electrons. The van der Waals surface area contributed by atoms with Gasteiger partial charge in [0.05, 0.1) is 13.7 Å². The Morgan fingerprint density at radius 1 is 0.229 bits per heavy atom. The van der Waals surface area contributed by atoms with Gasteiger partial charge in [0.25, 0.3) is 0 Å². The van der Waals surface area contributed by atoms with Gasteiger partial charge >= 0.3 is 0 Å². The summed E-state index contributed by atoms with van der Waals surface area (Å²) < 4.78 is 83.8. The number of rotatable bonds is 11. The molecule has 0 amide bonds. The molecule has 0 aliphatic heterocycles. The van der Waals surface area contributed by atoms with Gasteiger partial charge in [0.1, 0.15) is 0 Å². The summed E-state index contributed by atoms with van der Waals surface area (Å²) in [4.78, 5) is 4.27. The number of anilines is 6. The van der Waals surface area contributed by atoms with E-state index in [0.29, 0.717) is 11.1 Å². The first-order valence-corrected chi connectivity index (χ1v) is 23.7. The van der Waals surface area contributed by atoms with Crippen LogP contribution < -0.4 is 9.80 Å². The van der Waals surface area contributed by atoms with Crippen molar-refractivity contribution in [3.05, 3.63) is 266 Å². The zero-order valence-corrected chi connectivity index (χ0v) is 40.4. The Hall–Kier alpha value is -8.20. The van der Waals surface area contributed by atoms with Crippen LogP contribution in [0.25, 0.3) is 55.6 Å². The minimum Gasteiger partial charge on any atom is -0.311 e. The molecule has 10 aromatic carbocycles. The lowest BCUT2D eigenvalue weighted by Gasteiger charge is -2.27. The van der Waals surface area contributed by atoms with E-state index < -0.39 is 12.1 Å². The molecule has 0 radical (unpaired) electrons. The van der Waals surface area contributed by atoms with E-state index in [9.17, 15) is 0 Å². The topological polar surface area (TPSA) is 6.48 Å². The molecule has 0 atom stereocenters. The first kappa shape index (κ1) is 35.0. The van der Waals surface area contributed by atoms with Crippen LogP contribution in [0.2, 0.25) is 0 Å². The molecule has 2 heteroatoms. The SMILES string of the molecule is [2H]c1c([2H])c([2H])c(-c2ccc(N(c3ccc(-c4ccc(N(c5ccc(-c6ccc(C(C)(C)C)cc6)cc5)c5ccc(-c6c([2H])c([2H])c([2H])c([2H])c6[2H])cc5)cc4)cc3)c3ccc(-c4ccc(C(C)(C)C)cc4)cc3)cc2)c([2H])c1[2H]. The molecule has 0 aliphatic rings. The third kappa shape index (κ3) is 10.00. The molecule has 10 rings (SSSR count). The molecule has 0 saturated carbocycles. The molecule has 0 N–H and O–H groups in total. The fraction of sp³-hybridized carbons (Fsp3) is 0.118. The Kier molecular flexibility index (Phi) is 9.71. The van der Waals surface area contributed by atoms with Crippen molar-refractivity contribution in [3.8, 4) is 55.6 Å². The van der Waals surface area contributed by atoms with Gasteiger partial charge in [0, 0.05) is 34.1 Å². The van der Waals surface area contributed by atoms with Crippen LogP contribution >= 0.6 is 0 Å². The van der Waals surface area contributed by atoms with Gasteiger partial charge < -0.3 is 9.80 Å². The third-order valence-corrected chi connectivity index (χ3v) is 12.8. The van der Waals surface area contributed by atoms with E-state index in [1.807, 2.05) is 24.3 Å². The highest BCUT2D eigenvalue weighted by molar-refractivity contribution is 5.84. The van der Waals surface area contributed by atoms with Crippen LogP contribution in [0, 0.1) is 0 Å². The van der Waals surface area contributed by atoms with E-state index in [1.54, 1.807) is 24.3 Å². The molecular weight excluding hydrogens is 845 g/mol. The Bertz CT molecular complexity index is 3570. The maximum absolute atomic E-state index is 8.62. The predicted octanol–water partition coefficient (Wildman–Crippen LogP) is 19.6. The minimum absolute atomic E-state index is 0.0380. The average Bonchev–Trinajstić information content (AvgIpc) is 3.54. The second-order valence-corrected chi connectivity index (χ2v) is 19.6. The standard InChI is InChI=1S/C68H60N2/c1-67(2,3)59-33-17-51(18-34-59)55-25-41-63(42-26-55)69(61-37-21-53(22-38-61)49-13-9-7-10-14-49)65-45-29-57(30-46-65)58-31-47-66(48-32-58)70(62-39-23-54(24-40-62)50-15-11-8-12-16-50)64-43-27-56(28-44-64)52-19-35-60(36-20-52)68(4,5)6/h7-48H,1-6H3/i7D,8D,9D,10D,11D,12D,13D,14D,15D,16D. The van der Waals surface area contributed by atoms with Crippen LogP contribution in [0.3, 0.4) is 0 Å². The Balaban J connectivity index is 0.988. The molecular formula is C68H60N2. The van der Waals surface area contributed by atoms with Gasteiger partial charge in [-0.1, -0.05) is 223 Å². The lowest BCUT2D eigenvalue weighted by atomic mass is 9.86. The Labute approximate surface area is 429 Å². The summed E-state index contributed by atoms with van der Waals surface area (Å²) in [6, 6.07) is 62.3. The smallest absolute Gasteiger partial charge is 0.0629 e. The Morgan fingerprint density at radius 2 is 0.400 bits per heavy atom. The summed E-state index contributed by atoms with van der Waals surface area (Å²) in [5, 5.41) is 0. The van der Waals surface area contributed by atoms with Crippen molar-refractivity contribution in [2.75, 3.05) is 9.80 Å². The summed E-state index contributed by atoms with van der Waals surface area (Å²) in [6.45, 7) is 13.2. The van der Waals surface area contributed by atoms with Gasteiger partial charge in [-0.2, -0.15) is 0 Å². The maximum Gasteiger partial charge on any atom is 0.0629 e. The van der Waals surface area contributed by atoms with Crippen molar-refractivity contribution >= 4 is 34.1 Å². The summed E-state index contributed by atoms with van der Waals surface area (Å²) in [6.07, 6.45) is 0. The summed E-state index contributed by atoms with van der Waals surface area (Å²) in [7, 11) is 0. The van der Waals surface area contributed by atoms with Crippen molar-refractivity contribution < 1.29 is 13.7 Å². The number of benzene rings is 10. The van der Waals surface area contributed by atoms with Crippen LogP contribution in [0.5, 0.6) is 0 Å². The fourth-order valence-corrected chi connectivity index (χ4v) is 8.77. The average molecular weight is 915 g/mol. The van der Waals surface area contributed by atoms with Gasteiger partial charge in [-0.3, -0.25) is 0 Å². The lowest BCUT2D eigenvalue weighted by Crippen LogP contribution is -2.10. The van der Waals surface area contributed by atoms with Gasteiger partial charge in [-0.05, 0) is 150 Å².